The van der Waals surface area contributed by atoms with E-state index < -0.39 is 0 Å². The summed E-state index contributed by atoms with van der Waals surface area (Å²) in [5, 5.41) is 5.33. The van der Waals surface area contributed by atoms with Gasteiger partial charge >= 0.3 is 0 Å². The predicted molar refractivity (Wildman–Crippen MR) is 103 cm³/mol. The third-order valence-electron chi connectivity index (χ3n) is 5.02. The van der Waals surface area contributed by atoms with Crippen molar-refractivity contribution < 1.29 is 4.79 Å². The second-order valence-electron chi connectivity index (χ2n) is 6.82. The maximum atomic E-state index is 12.7. The van der Waals surface area contributed by atoms with Crippen LogP contribution in [0.4, 0.5) is 0 Å². The van der Waals surface area contributed by atoms with Crippen LogP contribution in [0.25, 0.3) is 15.3 Å². The summed E-state index contributed by atoms with van der Waals surface area (Å²) in [5.41, 5.74) is 5.13. The lowest BCUT2D eigenvalue weighted by atomic mass is 9.82. The summed E-state index contributed by atoms with van der Waals surface area (Å²) >= 11 is 1.61. The van der Waals surface area contributed by atoms with Crippen LogP contribution in [0.5, 0.6) is 0 Å². The fourth-order valence-electron chi connectivity index (χ4n) is 3.72. The molecule has 0 saturated heterocycles. The average Bonchev–Trinajstić information content (AvgIpc) is 3.25. The minimum atomic E-state index is 0.171. The molecule has 0 saturated carbocycles. The highest BCUT2D eigenvalue weighted by Gasteiger charge is 2.30. The summed E-state index contributed by atoms with van der Waals surface area (Å²) in [5.74, 6) is 0.366. The van der Waals surface area contributed by atoms with E-state index >= 15 is 0 Å². The van der Waals surface area contributed by atoms with Gasteiger partial charge in [0.2, 0.25) is 5.13 Å². The molecule has 0 spiro atoms. The van der Waals surface area contributed by atoms with Gasteiger partial charge in [0.05, 0.1) is 27.7 Å². The Bertz CT molecular complexity index is 1110. The van der Waals surface area contributed by atoms with Gasteiger partial charge in [-0.25, -0.2) is 9.67 Å². The van der Waals surface area contributed by atoms with Crippen LogP contribution in [0, 0.1) is 6.92 Å². The summed E-state index contributed by atoms with van der Waals surface area (Å²) in [4.78, 5) is 17.4. The van der Waals surface area contributed by atoms with Crippen LogP contribution in [-0.2, 0) is 6.42 Å². The Hall–Kier alpha value is -2.79. The molecule has 1 aliphatic rings. The average molecular weight is 359 g/mol. The fourth-order valence-corrected chi connectivity index (χ4v) is 4.67. The van der Waals surface area contributed by atoms with Gasteiger partial charge in [-0.2, -0.15) is 5.10 Å². The highest BCUT2D eigenvalue weighted by molar-refractivity contribution is 7.20. The number of benzene rings is 2. The second kappa shape index (κ2) is 5.88. The smallest absolute Gasteiger partial charge is 0.211 e. The minimum absolute atomic E-state index is 0.171. The van der Waals surface area contributed by atoms with Crippen molar-refractivity contribution in [2.75, 3.05) is 0 Å². The summed E-state index contributed by atoms with van der Waals surface area (Å²) in [6.07, 6.45) is 3.05. The van der Waals surface area contributed by atoms with Crippen molar-refractivity contribution in [2.24, 2.45) is 0 Å². The monoisotopic (exact) mass is 359 g/mol. The molecule has 0 bridgehead atoms. The number of hydrogen-bond donors (Lipinski definition) is 0. The number of carbonyl (C=O) groups is 1. The summed E-state index contributed by atoms with van der Waals surface area (Å²) in [6.45, 7) is 2.09. The van der Waals surface area contributed by atoms with E-state index in [0.717, 1.165) is 33.0 Å². The van der Waals surface area contributed by atoms with Crippen LogP contribution in [0.1, 0.15) is 39.5 Å². The molecule has 0 amide bonds. The lowest BCUT2D eigenvalue weighted by molar-refractivity contribution is 0.0963. The van der Waals surface area contributed by atoms with Crippen molar-refractivity contribution in [2.45, 2.75) is 25.7 Å². The number of thiazole rings is 1. The standard InChI is InChI=1S/C21H17N3OS/c1-13-5-4-6-14(9-13)15-10-18-16(19(25)11-15)12-22-24(18)21-23-17-7-2-3-8-20(17)26-21/h2-9,12,15H,10-11H2,1H3/t15-/m0/s1. The minimum Gasteiger partial charge on any atom is -0.294 e. The van der Waals surface area contributed by atoms with Gasteiger partial charge in [-0.05, 0) is 37.0 Å². The number of rotatable bonds is 2. The van der Waals surface area contributed by atoms with Crippen molar-refractivity contribution in [3.05, 3.63) is 77.1 Å². The number of Topliss-reactive ketones (excluding diaryl/α,β-unsaturated/α-hetero) is 1. The quantitative estimate of drug-likeness (QED) is 0.521. The van der Waals surface area contributed by atoms with Gasteiger partial charge in [-0.1, -0.05) is 53.3 Å². The van der Waals surface area contributed by atoms with Gasteiger partial charge in [-0.3, -0.25) is 4.79 Å². The zero-order valence-electron chi connectivity index (χ0n) is 14.3. The maximum absolute atomic E-state index is 12.7. The lowest BCUT2D eigenvalue weighted by Crippen LogP contribution is -2.20. The molecule has 2 aromatic heterocycles. The first-order valence-corrected chi connectivity index (χ1v) is 9.53. The molecule has 1 atom stereocenters. The van der Waals surface area contributed by atoms with E-state index in [4.69, 9.17) is 4.98 Å². The first-order chi connectivity index (χ1) is 12.7. The molecule has 5 rings (SSSR count). The molecule has 0 fully saturated rings. The summed E-state index contributed by atoms with van der Waals surface area (Å²) in [6, 6.07) is 16.5. The molecule has 5 heteroatoms. The number of nitrogens with zero attached hydrogens (tertiary/aromatic N) is 3. The van der Waals surface area contributed by atoms with Gasteiger partial charge < -0.3 is 0 Å². The number of hydrogen-bond acceptors (Lipinski definition) is 4. The van der Waals surface area contributed by atoms with Crippen LogP contribution < -0.4 is 0 Å². The Balaban J connectivity index is 1.59. The van der Waals surface area contributed by atoms with Crippen molar-refractivity contribution in [3.63, 3.8) is 0 Å². The highest BCUT2D eigenvalue weighted by atomic mass is 32.1. The van der Waals surface area contributed by atoms with Crippen molar-refractivity contribution in [1.29, 1.82) is 0 Å². The van der Waals surface area contributed by atoms with Gasteiger partial charge in [0.15, 0.2) is 5.78 Å². The molecule has 0 radical (unpaired) electrons. The van der Waals surface area contributed by atoms with E-state index in [0.29, 0.717) is 6.42 Å². The number of fused-ring (bicyclic) bond motifs is 2. The van der Waals surface area contributed by atoms with Crippen molar-refractivity contribution in [3.8, 4) is 5.13 Å². The molecule has 0 N–H and O–H groups in total. The molecular formula is C21H17N3OS. The number of para-hydroxylation sites is 1. The Labute approximate surface area is 155 Å². The Morgan fingerprint density at radius 1 is 1.12 bits per heavy atom. The molecule has 128 valence electrons. The van der Waals surface area contributed by atoms with Crippen LogP contribution in [0.2, 0.25) is 0 Å². The number of aryl methyl sites for hydroxylation is 1. The Morgan fingerprint density at radius 3 is 2.85 bits per heavy atom. The largest absolute Gasteiger partial charge is 0.294 e. The molecule has 2 aromatic carbocycles. The third-order valence-corrected chi connectivity index (χ3v) is 6.03. The second-order valence-corrected chi connectivity index (χ2v) is 7.83. The van der Waals surface area contributed by atoms with E-state index in [-0.39, 0.29) is 11.7 Å². The van der Waals surface area contributed by atoms with Crippen molar-refractivity contribution >= 4 is 27.3 Å². The van der Waals surface area contributed by atoms with Crippen LogP contribution >= 0.6 is 11.3 Å². The van der Waals surface area contributed by atoms with E-state index in [2.05, 4.69) is 42.4 Å². The molecule has 4 aromatic rings. The molecular weight excluding hydrogens is 342 g/mol. The van der Waals surface area contributed by atoms with E-state index in [1.165, 1.54) is 11.1 Å². The Morgan fingerprint density at radius 2 is 2.00 bits per heavy atom. The SMILES string of the molecule is Cc1cccc([C@@H]2CC(=O)c3cnn(-c4nc5ccccc5s4)c3C2)c1. The van der Waals surface area contributed by atoms with Gasteiger partial charge in [0.1, 0.15) is 0 Å². The number of carbonyl (C=O) groups excluding carboxylic acids is 1. The summed E-state index contributed by atoms with van der Waals surface area (Å²) < 4.78 is 2.99. The first kappa shape index (κ1) is 15.5. The molecule has 26 heavy (non-hydrogen) atoms. The molecule has 0 unspecified atom stereocenters. The normalized spacial score (nSPS) is 16.8. The van der Waals surface area contributed by atoms with E-state index in [1.807, 2.05) is 22.9 Å². The van der Waals surface area contributed by atoms with E-state index in [9.17, 15) is 4.79 Å². The predicted octanol–water partition coefficient (Wildman–Crippen LogP) is 4.70. The highest BCUT2D eigenvalue weighted by Crippen LogP contribution is 2.35. The van der Waals surface area contributed by atoms with Gasteiger partial charge in [-0.15, -0.1) is 0 Å². The van der Waals surface area contributed by atoms with Gasteiger partial charge in [0.25, 0.3) is 0 Å². The van der Waals surface area contributed by atoms with Crippen LogP contribution in [-0.4, -0.2) is 20.5 Å². The Kier molecular flexibility index (Phi) is 3.50. The van der Waals surface area contributed by atoms with Crippen molar-refractivity contribution in [1.82, 2.24) is 14.8 Å². The summed E-state index contributed by atoms with van der Waals surface area (Å²) in [7, 11) is 0. The van der Waals surface area contributed by atoms with E-state index in [1.54, 1.807) is 17.5 Å². The first-order valence-electron chi connectivity index (χ1n) is 8.71. The molecule has 4 nitrogen and oxygen atoms in total. The zero-order valence-corrected chi connectivity index (χ0v) is 15.2. The number of aromatic nitrogens is 3. The third kappa shape index (κ3) is 2.47. The fraction of sp³-hybridized carbons (Fsp3) is 0.190. The zero-order chi connectivity index (χ0) is 17.7. The maximum Gasteiger partial charge on any atom is 0.211 e. The van der Waals surface area contributed by atoms with Crippen LogP contribution in [0.15, 0.2) is 54.7 Å². The topological polar surface area (TPSA) is 47.8 Å². The molecule has 0 aliphatic heterocycles. The molecule has 2 heterocycles. The van der Waals surface area contributed by atoms with Gasteiger partial charge in [0, 0.05) is 6.42 Å². The lowest BCUT2D eigenvalue weighted by Gasteiger charge is -2.22. The number of ketones is 1. The van der Waals surface area contributed by atoms with Crippen LogP contribution in [0.3, 0.4) is 0 Å². The molecule has 1 aliphatic carbocycles.